The van der Waals surface area contributed by atoms with Crippen LogP contribution < -0.4 is 5.32 Å². The topological polar surface area (TPSA) is 48.3 Å². The van der Waals surface area contributed by atoms with Gasteiger partial charge >= 0.3 is 0 Å². The van der Waals surface area contributed by atoms with Crippen LogP contribution in [0.3, 0.4) is 0 Å². The maximum atomic E-state index is 6.01. The summed E-state index contributed by atoms with van der Waals surface area (Å²) in [5.41, 5.74) is 1.25. The van der Waals surface area contributed by atoms with Crippen LogP contribution in [0, 0.1) is 0 Å². The van der Waals surface area contributed by atoms with Gasteiger partial charge in [0.2, 0.25) is 0 Å². The molecule has 128 valence electrons. The summed E-state index contributed by atoms with van der Waals surface area (Å²) in [5, 5.41) is 3.68. The molecular formula is C19H25N3O2. The van der Waals surface area contributed by atoms with Crippen LogP contribution in [0.4, 0.5) is 0 Å². The fourth-order valence-electron chi connectivity index (χ4n) is 3.73. The monoisotopic (exact) mass is 327 g/mol. The molecule has 2 atom stereocenters. The molecule has 1 spiro atoms. The molecule has 0 radical (unpaired) electrons. The molecule has 3 heterocycles. The largest absolute Gasteiger partial charge is 0.378 e. The Morgan fingerprint density at radius 3 is 3.00 bits per heavy atom. The first-order valence-electron chi connectivity index (χ1n) is 8.82. The van der Waals surface area contributed by atoms with Gasteiger partial charge in [-0.3, -0.25) is 0 Å². The Bertz CT molecular complexity index is 650. The van der Waals surface area contributed by atoms with Gasteiger partial charge in [-0.2, -0.15) is 0 Å². The maximum Gasteiger partial charge on any atom is 0.122 e. The standard InChI is InChI=1S/C19H25N3O2/c1-2-4-16(5-3-1)14-22-9-8-20-18(22)13-21-17-6-10-24-19(12-17)7-11-23-15-19/h1-5,8-9,17,21H,6-7,10-15H2/t17-,19+/m0/s1. The first-order valence-corrected chi connectivity index (χ1v) is 8.82. The Kier molecular flexibility index (Phi) is 4.65. The number of nitrogens with one attached hydrogen (secondary N) is 1. The molecule has 2 saturated heterocycles. The van der Waals surface area contributed by atoms with E-state index in [9.17, 15) is 0 Å². The van der Waals surface area contributed by atoms with Crippen LogP contribution in [0.25, 0.3) is 0 Å². The third-order valence-electron chi connectivity index (χ3n) is 5.11. The summed E-state index contributed by atoms with van der Waals surface area (Å²) in [6.45, 7) is 4.05. The van der Waals surface area contributed by atoms with Crippen molar-refractivity contribution in [3.63, 3.8) is 0 Å². The molecule has 24 heavy (non-hydrogen) atoms. The summed E-state index contributed by atoms with van der Waals surface area (Å²) in [6.07, 6.45) is 7.05. The van der Waals surface area contributed by atoms with E-state index in [2.05, 4.69) is 45.3 Å². The van der Waals surface area contributed by atoms with E-state index in [1.807, 2.05) is 12.3 Å². The van der Waals surface area contributed by atoms with Gasteiger partial charge in [0.15, 0.2) is 0 Å². The zero-order valence-corrected chi connectivity index (χ0v) is 14.0. The van der Waals surface area contributed by atoms with E-state index in [0.29, 0.717) is 6.04 Å². The number of nitrogens with zero attached hydrogens (tertiary/aromatic N) is 2. The van der Waals surface area contributed by atoms with Crippen molar-refractivity contribution in [3.8, 4) is 0 Å². The van der Waals surface area contributed by atoms with Crippen molar-refractivity contribution in [2.75, 3.05) is 19.8 Å². The highest BCUT2D eigenvalue weighted by Gasteiger charge is 2.40. The lowest BCUT2D eigenvalue weighted by molar-refractivity contribution is -0.0895. The molecule has 4 rings (SSSR count). The predicted octanol–water partition coefficient (Wildman–Crippen LogP) is 2.36. The summed E-state index contributed by atoms with van der Waals surface area (Å²) in [4.78, 5) is 4.53. The molecule has 0 aliphatic carbocycles. The first kappa shape index (κ1) is 15.8. The van der Waals surface area contributed by atoms with Crippen molar-refractivity contribution in [2.45, 2.75) is 44.0 Å². The second kappa shape index (κ2) is 7.05. The molecule has 1 N–H and O–H groups in total. The van der Waals surface area contributed by atoms with E-state index in [1.165, 1.54) is 5.56 Å². The molecular weight excluding hydrogens is 302 g/mol. The zero-order chi connectivity index (χ0) is 16.2. The number of benzene rings is 1. The number of hydrogen-bond acceptors (Lipinski definition) is 4. The Morgan fingerprint density at radius 1 is 1.25 bits per heavy atom. The van der Waals surface area contributed by atoms with Crippen LogP contribution in [-0.4, -0.2) is 41.0 Å². The highest BCUT2D eigenvalue weighted by atomic mass is 16.6. The molecule has 1 aromatic carbocycles. The highest BCUT2D eigenvalue weighted by Crippen LogP contribution is 2.32. The summed E-state index contributed by atoms with van der Waals surface area (Å²) >= 11 is 0. The van der Waals surface area contributed by atoms with Crippen LogP contribution in [0.1, 0.15) is 30.7 Å². The zero-order valence-electron chi connectivity index (χ0n) is 14.0. The summed E-state index contributed by atoms with van der Waals surface area (Å²) in [7, 11) is 0. The third kappa shape index (κ3) is 3.53. The lowest BCUT2D eigenvalue weighted by Crippen LogP contribution is -2.47. The van der Waals surface area contributed by atoms with Gasteiger partial charge in [-0.1, -0.05) is 30.3 Å². The van der Waals surface area contributed by atoms with Crippen LogP contribution in [-0.2, 0) is 22.6 Å². The third-order valence-corrected chi connectivity index (χ3v) is 5.11. The van der Waals surface area contributed by atoms with Gasteiger partial charge in [-0.25, -0.2) is 4.98 Å². The fraction of sp³-hybridized carbons (Fsp3) is 0.526. The minimum atomic E-state index is -0.0463. The number of imidazole rings is 1. The SMILES string of the molecule is c1ccc(Cn2ccnc2CN[C@H]2CCO[C@]3(CCOC3)C2)cc1. The maximum absolute atomic E-state index is 6.01. The molecule has 5 heteroatoms. The van der Waals surface area contributed by atoms with E-state index in [0.717, 1.165) is 58.0 Å². The van der Waals surface area contributed by atoms with Gasteiger partial charge in [0.1, 0.15) is 5.82 Å². The van der Waals surface area contributed by atoms with Crippen LogP contribution in [0.2, 0.25) is 0 Å². The van der Waals surface area contributed by atoms with Gasteiger partial charge < -0.3 is 19.4 Å². The molecule has 2 fully saturated rings. The Balaban J connectivity index is 1.35. The van der Waals surface area contributed by atoms with E-state index >= 15 is 0 Å². The summed E-state index contributed by atoms with van der Waals surface area (Å²) in [5.74, 6) is 1.09. The Hall–Kier alpha value is -1.69. The summed E-state index contributed by atoms with van der Waals surface area (Å²) in [6, 6.07) is 11.0. The second-order valence-corrected chi connectivity index (χ2v) is 6.86. The minimum absolute atomic E-state index is 0.0463. The van der Waals surface area contributed by atoms with Gasteiger partial charge in [0.05, 0.1) is 18.8 Å². The van der Waals surface area contributed by atoms with Gasteiger partial charge in [0.25, 0.3) is 0 Å². The molecule has 2 aliphatic heterocycles. The number of rotatable bonds is 5. The van der Waals surface area contributed by atoms with E-state index in [4.69, 9.17) is 9.47 Å². The van der Waals surface area contributed by atoms with Crippen molar-refractivity contribution in [2.24, 2.45) is 0 Å². The molecule has 2 aliphatic rings. The van der Waals surface area contributed by atoms with Gasteiger partial charge in [-0.05, 0) is 18.4 Å². The fourth-order valence-corrected chi connectivity index (χ4v) is 3.73. The van der Waals surface area contributed by atoms with E-state index in [1.54, 1.807) is 0 Å². The lowest BCUT2D eigenvalue weighted by atomic mass is 9.90. The first-order chi connectivity index (χ1) is 11.8. The average Bonchev–Trinajstić information content (AvgIpc) is 3.24. The Morgan fingerprint density at radius 2 is 2.17 bits per heavy atom. The van der Waals surface area contributed by atoms with Crippen LogP contribution >= 0.6 is 0 Å². The normalized spacial score (nSPS) is 26.9. The highest BCUT2D eigenvalue weighted by molar-refractivity contribution is 5.15. The number of aromatic nitrogens is 2. The van der Waals surface area contributed by atoms with Gasteiger partial charge in [0, 0.05) is 44.6 Å². The molecule has 5 nitrogen and oxygen atoms in total. The smallest absolute Gasteiger partial charge is 0.122 e. The van der Waals surface area contributed by atoms with Crippen molar-refractivity contribution in [3.05, 3.63) is 54.1 Å². The summed E-state index contributed by atoms with van der Waals surface area (Å²) < 4.78 is 13.8. The molecule has 2 aromatic rings. The van der Waals surface area contributed by atoms with E-state index in [-0.39, 0.29) is 5.60 Å². The molecule has 0 amide bonds. The van der Waals surface area contributed by atoms with Crippen molar-refractivity contribution in [1.82, 2.24) is 14.9 Å². The van der Waals surface area contributed by atoms with E-state index < -0.39 is 0 Å². The average molecular weight is 327 g/mol. The minimum Gasteiger partial charge on any atom is -0.378 e. The molecule has 1 aromatic heterocycles. The quantitative estimate of drug-likeness (QED) is 0.916. The second-order valence-electron chi connectivity index (χ2n) is 6.86. The number of ether oxygens (including phenoxy) is 2. The Labute approximate surface area is 143 Å². The van der Waals surface area contributed by atoms with Gasteiger partial charge in [-0.15, -0.1) is 0 Å². The van der Waals surface area contributed by atoms with Crippen molar-refractivity contribution < 1.29 is 9.47 Å². The molecule has 0 unspecified atom stereocenters. The lowest BCUT2D eigenvalue weighted by Gasteiger charge is -2.37. The van der Waals surface area contributed by atoms with Crippen molar-refractivity contribution >= 4 is 0 Å². The molecule has 0 bridgehead atoms. The number of hydrogen-bond donors (Lipinski definition) is 1. The molecule has 0 saturated carbocycles. The predicted molar refractivity (Wildman–Crippen MR) is 91.8 cm³/mol. The van der Waals surface area contributed by atoms with Crippen molar-refractivity contribution in [1.29, 1.82) is 0 Å². The van der Waals surface area contributed by atoms with Crippen LogP contribution in [0.15, 0.2) is 42.7 Å². The van der Waals surface area contributed by atoms with Crippen LogP contribution in [0.5, 0.6) is 0 Å².